The molecule has 1 N–H and O–H groups in total. The Morgan fingerprint density at radius 3 is 2.70 bits per heavy atom. The van der Waals surface area contributed by atoms with Gasteiger partial charge in [-0.1, -0.05) is 25.1 Å². The highest BCUT2D eigenvalue weighted by Crippen LogP contribution is 2.34. The molecule has 3 rings (SSSR count). The molecule has 0 bridgehead atoms. The van der Waals surface area contributed by atoms with E-state index in [9.17, 15) is 22.4 Å². The maximum absolute atomic E-state index is 13.4. The Balaban J connectivity index is 1.43. The van der Waals surface area contributed by atoms with Gasteiger partial charge < -0.3 is 14.5 Å². The summed E-state index contributed by atoms with van der Waals surface area (Å²) >= 11 is 5.59. The maximum atomic E-state index is 13.4. The molecule has 1 aromatic heterocycles. The van der Waals surface area contributed by atoms with Crippen molar-refractivity contribution in [3.63, 3.8) is 0 Å². The van der Waals surface area contributed by atoms with Crippen LogP contribution in [-0.2, 0) is 4.79 Å². The second kappa shape index (κ2) is 10.1. The van der Waals surface area contributed by atoms with Crippen molar-refractivity contribution >= 4 is 17.5 Å². The minimum Gasteiger partial charge on any atom is -0.484 e. The van der Waals surface area contributed by atoms with Crippen LogP contribution in [0.25, 0.3) is 0 Å². The summed E-state index contributed by atoms with van der Waals surface area (Å²) < 4.78 is 62.6. The number of carbonyl (C=O) groups is 1. The second-order valence-corrected chi connectivity index (χ2v) is 8.38. The number of benzene rings is 1. The molecule has 12 heteroatoms. The average Bonchev–Trinajstić information content (AvgIpc) is 3.16. The van der Waals surface area contributed by atoms with Gasteiger partial charge in [0, 0.05) is 30.8 Å². The normalized spacial score (nSPS) is 16.7. The molecule has 1 fully saturated rings. The first kappa shape index (κ1) is 25.0. The Morgan fingerprint density at radius 1 is 1.36 bits per heavy atom. The van der Waals surface area contributed by atoms with Crippen molar-refractivity contribution in [2.24, 2.45) is 0 Å². The van der Waals surface area contributed by atoms with E-state index < -0.39 is 23.9 Å². The van der Waals surface area contributed by atoms with Gasteiger partial charge in [-0.3, -0.25) is 9.69 Å². The average molecular weight is 491 g/mol. The predicted octanol–water partition coefficient (Wildman–Crippen LogP) is 4.41. The summed E-state index contributed by atoms with van der Waals surface area (Å²) in [5, 5.41) is 10.5. The molecule has 0 saturated carbocycles. The molecule has 1 aliphatic heterocycles. The topological polar surface area (TPSA) is 80.5 Å². The molecule has 2 atom stereocenters. The number of rotatable bonds is 9. The lowest BCUT2D eigenvalue weighted by molar-refractivity contribution is -0.190. The molecular weight excluding hydrogens is 468 g/mol. The van der Waals surface area contributed by atoms with E-state index in [1.807, 2.05) is 0 Å². The van der Waals surface area contributed by atoms with E-state index in [2.05, 4.69) is 22.1 Å². The summed E-state index contributed by atoms with van der Waals surface area (Å²) in [5.41, 5.74) is 0.381. The molecular formula is C21H23ClF4N4O3. The molecule has 1 amide bonds. The van der Waals surface area contributed by atoms with Crippen LogP contribution in [0.4, 0.5) is 17.6 Å². The fourth-order valence-corrected chi connectivity index (χ4v) is 3.38. The second-order valence-electron chi connectivity index (χ2n) is 7.97. The SMILES string of the molecule is C=C(CC(C)c1nnc(C2CN(C(C)C(F)(F)F)C2)o1)NC(=O)COc1ccc(Cl)c(F)c1. The van der Waals surface area contributed by atoms with E-state index in [1.165, 1.54) is 17.0 Å². The van der Waals surface area contributed by atoms with Crippen molar-refractivity contribution in [1.82, 2.24) is 20.4 Å². The fourth-order valence-electron chi connectivity index (χ4n) is 3.26. The number of nitrogens with one attached hydrogen (secondary N) is 1. The molecule has 7 nitrogen and oxygen atoms in total. The molecule has 33 heavy (non-hydrogen) atoms. The summed E-state index contributed by atoms with van der Waals surface area (Å²) in [5.74, 6) is -0.921. The Hall–Kier alpha value is -2.66. The van der Waals surface area contributed by atoms with E-state index in [0.29, 0.717) is 23.9 Å². The lowest BCUT2D eigenvalue weighted by Gasteiger charge is -2.41. The van der Waals surface area contributed by atoms with Crippen LogP contribution in [0.2, 0.25) is 5.02 Å². The van der Waals surface area contributed by atoms with E-state index >= 15 is 0 Å². The number of halogens is 5. The number of alkyl halides is 3. The van der Waals surface area contributed by atoms with Crippen molar-refractivity contribution in [2.45, 2.75) is 44.3 Å². The molecule has 1 aliphatic rings. The third-order valence-electron chi connectivity index (χ3n) is 5.29. The first-order valence-electron chi connectivity index (χ1n) is 10.1. The number of nitrogens with zero attached hydrogens (tertiary/aromatic N) is 3. The summed E-state index contributed by atoms with van der Waals surface area (Å²) in [4.78, 5) is 13.3. The molecule has 2 unspecified atom stereocenters. The van der Waals surface area contributed by atoms with Gasteiger partial charge in [-0.2, -0.15) is 13.2 Å². The van der Waals surface area contributed by atoms with Gasteiger partial charge in [0.1, 0.15) is 17.6 Å². The Labute approximate surface area is 192 Å². The largest absolute Gasteiger partial charge is 0.484 e. The third-order valence-corrected chi connectivity index (χ3v) is 5.59. The Bertz CT molecular complexity index is 1010. The molecule has 0 aliphatic carbocycles. The van der Waals surface area contributed by atoms with Gasteiger partial charge in [-0.25, -0.2) is 4.39 Å². The number of carbonyl (C=O) groups excluding carboxylic acids is 1. The summed E-state index contributed by atoms with van der Waals surface area (Å²) in [7, 11) is 0. The van der Waals surface area contributed by atoms with E-state index in [1.54, 1.807) is 6.92 Å². The van der Waals surface area contributed by atoms with Gasteiger partial charge in [0.15, 0.2) is 6.61 Å². The maximum Gasteiger partial charge on any atom is 0.403 e. The smallest absolute Gasteiger partial charge is 0.403 e. The summed E-state index contributed by atoms with van der Waals surface area (Å²) in [6.45, 7) is 6.74. The van der Waals surface area contributed by atoms with Gasteiger partial charge in [0.25, 0.3) is 5.91 Å². The minimum absolute atomic E-state index is 0.0520. The zero-order valence-corrected chi connectivity index (χ0v) is 18.7. The van der Waals surface area contributed by atoms with E-state index in [0.717, 1.165) is 13.0 Å². The summed E-state index contributed by atoms with van der Waals surface area (Å²) in [6, 6.07) is 2.31. The molecule has 1 saturated heterocycles. The van der Waals surface area contributed by atoms with Crippen molar-refractivity contribution in [3.05, 3.63) is 53.1 Å². The van der Waals surface area contributed by atoms with Crippen LogP contribution >= 0.6 is 11.6 Å². The van der Waals surface area contributed by atoms with Gasteiger partial charge in [0.2, 0.25) is 11.8 Å². The van der Waals surface area contributed by atoms with Crippen molar-refractivity contribution < 1.29 is 31.5 Å². The van der Waals surface area contributed by atoms with Crippen molar-refractivity contribution in [3.8, 4) is 5.75 Å². The van der Waals surface area contributed by atoms with Crippen LogP contribution in [0, 0.1) is 5.82 Å². The van der Waals surface area contributed by atoms with Crippen LogP contribution in [-0.4, -0.2) is 52.9 Å². The van der Waals surface area contributed by atoms with Crippen LogP contribution in [0.3, 0.4) is 0 Å². The van der Waals surface area contributed by atoms with Crippen molar-refractivity contribution in [1.29, 1.82) is 0 Å². The minimum atomic E-state index is -4.28. The summed E-state index contributed by atoms with van der Waals surface area (Å²) in [6.07, 6.45) is -3.98. The molecule has 2 aromatic rings. The lowest BCUT2D eigenvalue weighted by Crippen LogP contribution is -2.54. The lowest BCUT2D eigenvalue weighted by atomic mass is 9.98. The highest BCUT2D eigenvalue weighted by Gasteiger charge is 2.46. The van der Waals surface area contributed by atoms with Crippen LogP contribution in [0.15, 0.2) is 34.9 Å². The van der Waals surface area contributed by atoms with Crippen LogP contribution in [0.1, 0.15) is 43.9 Å². The van der Waals surface area contributed by atoms with Crippen LogP contribution in [0.5, 0.6) is 5.75 Å². The molecule has 2 heterocycles. The number of aromatic nitrogens is 2. The molecule has 0 spiro atoms. The van der Waals surface area contributed by atoms with Gasteiger partial charge in [0.05, 0.1) is 10.9 Å². The van der Waals surface area contributed by atoms with Gasteiger partial charge >= 0.3 is 6.18 Å². The van der Waals surface area contributed by atoms with E-state index in [4.69, 9.17) is 20.8 Å². The van der Waals surface area contributed by atoms with Gasteiger partial charge in [-0.05, 0) is 25.5 Å². The molecule has 180 valence electrons. The number of allylic oxidation sites excluding steroid dienone is 1. The number of amides is 1. The molecule has 1 aromatic carbocycles. The highest BCUT2D eigenvalue weighted by atomic mass is 35.5. The number of hydrogen-bond acceptors (Lipinski definition) is 6. The Morgan fingerprint density at radius 2 is 2.06 bits per heavy atom. The van der Waals surface area contributed by atoms with Crippen molar-refractivity contribution in [2.75, 3.05) is 19.7 Å². The molecule has 0 radical (unpaired) electrons. The van der Waals surface area contributed by atoms with E-state index in [-0.39, 0.29) is 42.3 Å². The standard InChI is InChI=1S/C21H23ClF4N4O3/c1-11(6-12(2)27-18(31)10-32-15-4-5-16(22)17(23)7-15)19-28-29-20(33-19)14-8-30(9-14)13(3)21(24,25)26/h4-5,7,11,13-14H,2,6,8-10H2,1,3H3,(H,27,31). The monoisotopic (exact) mass is 490 g/mol. The number of ether oxygens (including phenoxy) is 1. The number of likely N-dealkylation sites (tertiary alicyclic amines) is 1. The zero-order valence-electron chi connectivity index (χ0n) is 18.0. The first-order chi connectivity index (χ1) is 15.4. The highest BCUT2D eigenvalue weighted by molar-refractivity contribution is 6.30. The predicted molar refractivity (Wildman–Crippen MR) is 111 cm³/mol. The third kappa shape index (κ3) is 6.44. The zero-order chi connectivity index (χ0) is 24.3. The fraction of sp³-hybridized carbons (Fsp3) is 0.476. The number of hydrogen-bond donors (Lipinski definition) is 1. The Kier molecular flexibility index (Phi) is 7.63. The quantitative estimate of drug-likeness (QED) is 0.524. The first-order valence-corrected chi connectivity index (χ1v) is 10.5. The van der Waals surface area contributed by atoms with Crippen LogP contribution < -0.4 is 10.1 Å². The van der Waals surface area contributed by atoms with Gasteiger partial charge in [-0.15, -0.1) is 10.2 Å².